The van der Waals surface area contributed by atoms with E-state index in [1.165, 1.54) is 7.11 Å². The Balaban J connectivity index is 3.14. The van der Waals surface area contributed by atoms with E-state index in [0.29, 0.717) is 12.3 Å². The van der Waals surface area contributed by atoms with Crippen LogP contribution in [0.25, 0.3) is 0 Å². The average molecular weight is 211 g/mol. The van der Waals surface area contributed by atoms with Crippen LogP contribution in [-0.2, 0) is 22.5 Å². The van der Waals surface area contributed by atoms with Gasteiger partial charge in [0.05, 0.1) is 13.7 Å². The Bertz CT molecular complexity index is 355. The normalized spacial score (nSPS) is 10.4. The van der Waals surface area contributed by atoms with Crippen LogP contribution in [0.15, 0.2) is 0 Å². The summed E-state index contributed by atoms with van der Waals surface area (Å²) < 4.78 is 9.77. The van der Waals surface area contributed by atoms with E-state index in [9.17, 15) is 4.79 Å². The predicted molar refractivity (Wildman–Crippen MR) is 57.0 cm³/mol. The summed E-state index contributed by atoms with van der Waals surface area (Å²) in [7, 11) is 3.01. The molecular weight excluding hydrogens is 194 g/mol. The van der Waals surface area contributed by atoms with Gasteiger partial charge in [-0.05, 0) is 24.5 Å². The van der Waals surface area contributed by atoms with Crippen LogP contribution in [0.2, 0.25) is 0 Å². The summed E-state index contributed by atoms with van der Waals surface area (Å²) in [6.45, 7) is 4.46. The lowest BCUT2D eigenvalue weighted by atomic mass is 10.1. The molecule has 84 valence electrons. The highest BCUT2D eigenvalue weighted by Crippen LogP contribution is 2.20. The zero-order valence-corrected chi connectivity index (χ0v) is 9.64. The monoisotopic (exact) mass is 211 g/mol. The molecule has 0 aromatic carbocycles. The number of nitrogens with one attached hydrogen (secondary N) is 1. The van der Waals surface area contributed by atoms with Crippen LogP contribution < -0.4 is 0 Å². The van der Waals surface area contributed by atoms with E-state index in [1.807, 2.05) is 6.92 Å². The minimum atomic E-state index is -0.329. The molecule has 0 atom stereocenters. The summed E-state index contributed by atoms with van der Waals surface area (Å²) in [5.74, 6) is -0.329. The summed E-state index contributed by atoms with van der Waals surface area (Å²) >= 11 is 0. The van der Waals surface area contributed by atoms with Crippen molar-refractivity contribution in [3.8, 4) is 0 Å². The van der Waals surface area contributed by atoms with Gasteiger partial charge < -0.3 is 14.5 Å². The maximum atomic E-state index is 11.4. The van der Waals surface area contributed by atoms with Gasteiger partial charge >= 0.3 is 5.97 Å². The van der Waals surface area contributed by atoms with Crippen molar-refractivity contribution < 1.29 is 14.3 Å². The van der Waals surface area contributed by atoms with Crippen molar-refractivity contribution in [2.24, 2.45) is 0 Å². The van der Waals surface area contributed by atoms with Crippen molar-refractivity contribution in [1.29, 1.82) is 0 Å². The van der Waals surface area contributed by atoms with Crippen LogP contribution in [0.4, 0.5) is 0 Å². The lowest BCUT2D eigenvalue weighted by Gasteiger charge is -2.00. The summed E-state index contributed by atoms with van der Waals surface area (Å²) in [6, 6.07) is 0. The van der Waals surface area contributed by atoms with Crippen molar-refractivity contribution in [2.75, 3.05) is 14.2 Å². The summed E-state index contributed by atoms with van der Waals surface area (Å²) in [5.41, 5.74) is 3.58. The van der Waals surface area contributed by atoms with Gasteiger partial charge in [-0.3, -0.25) is 0 Å². The molecule has 1 heterocycles. The number of hydrogen-bond donors (Lipinski definition) is 1. The van der Waals surface area contributed by atoms with Crippen molar-refractivity contribution in [3.05, 3.63) is 22.5 Å². The number of aromatic amines is 1. The lowest BCUT2D eigenvalue weighted by Crippen LogP contribution is -2.03. The maximum Gasteiger partial charge on any atom is 0.354 e. The molecule has 1 aromatic rings. The van der Waals surface area contributed by atoms with E-state index in [-0.39, 0.29) is 5.97 Å². The number of aromatic nitrogens is 1. The van der Waals surface area contributed by atoms with Crippen molar-refractivity contribution in [2.45, 2.75) is 26.9 Å². The molecule has 0 saturated heterocycles. The fourth-order valence-corrected chi connectivity index (χ4v) is 1.75. The zero-order valence-electron chi connectivity index (χ0n) is 9.64. The number of hydrogen-bond acceptors (Lipinski definition) is 3. The van der Waals surface area contributed by atoms with Crippen LogP contribution in [0.3, 0.4) is 0 Å². The van der Waals surface area contributed by atoms with Crippen LogP contribution in [0.5, 0.6) is 0 Å². The first-order chi connectivity index (χ1) is 7.15. The van der Waals surface area contributed by atoms with Gasteiger partial charge in [-0.2, -0.15) is 0 Å². The van der Waals surface area contributed by atoms with Gasteiger partial charge in [0.25, 0.3) is 0 Å². The molecule has 0 aliphatic rings. The number of rotatable bonds is 4. The molecule has 0 radical (unpaired) electrons. The van der Waals surface area contributed by atoms with E-state index in [0.717, 1.165) is 23.2 Å². The van der Waals surface area contributed by atoms with Gasteiger partial charge in [-0.15, -0.1) is 0 Å². The van der Waals surface area contributed by atoms with Gasteiger partial charge in [0.1, 0.15) is 5.69 Å². The number of H-pyrrole nitrogens is 1. The minimum absolute atomic E-state index is 0.329. The fraction of sp³-hybridized carbons (Fsp3) is 0.545. The molecule has 0 unspecified atom stereocenters. The van der Waals surface area contributed by atoms with Crippen LogP contribution in [0, 0.1) is 6.92 Å². The molecule has 0 amide bonds. The number of methoxy groups -OCH3 is 2. The standard InChI is InChI=1S/C11H17NO3/c1-5-8-7(2)10(11(13)15-4)12-9(8)6-14-3/h12H,5-6H2,1-4H3. The Hall–Kier alpha value is -1.29. The number of esters is 1. The SMILES string of the molecule is CCc1c(COC)[nH]c(C(=O)OC)c1C. The highest BCUT2D eigenvalue weighted by Gasteiger charge is 2.18. The van der Waals surface area contributed by atoms with Crippen LogP contribution in [-0.4, -0.2) is 25.2 Å². The van der Waals surface area contributed by atoms with E-state index < -0.39 is 0 Å². The van der Waals surface area contributed by atoms with Gasteiger partial charge in [0, 0.05) is 12.8 Å². The number of carbonyl (C=O) groups is 1. The summed E-state index contributed by atoms with van der Waals surface area (Å²) in [4.78, 5) is 14.5. The molecule has 0 fully saturated rings. The second-order valence-corrected chi connectivity index (χ2v) is 3.36. The highest BCUT2D eigenvalue weighted by atomic mass is 16.5. The topological polar surface area (TPSA) is 51.3 Å². The van der Waals surface area contributed by atoms with E-state index in [2.05, 4.69) is 11.9 Å². The summed E-state index contributed by atoms with van der Waals surface area (Å²) in [6.07, 6.45) is 0.873. The fourth-order valence-electron chi connectivity index (χ4n) is 1.75. The maximum absolute atomic E-state index is 11.4. The second kappa shape index (κ2) is 4.98. The van der Waals surface area contributed by atoms with Gasteiger partial charge in [0.2, 0.25) is 0 Å². The van der Waals surface area contributed by atoms with Crippen molar-refractivity contribution in [1.82, 2.24) is 4.98 Å². The molecule has 4 heteroatoms. The molecule has 1 aromatic heterocycles. The Labute approximate surface area is 89.6 Å². The predicted octanol–water partition coefficient (Wildman–Crippen LogP) is 1.82. The lowest BCUT2D eigenvalue weighted by molar-refractivity contribution is 0.0593. The second-order valence-electron chi connectivity index (χ2n) is 3.36. The Morgan fingerprint density at radius 2 is 2.07 bits per heavy atom. The Morgan fingerprint density at radius 1 is 1.40 bits per heavy atom. The van der Waals surface area contributed by atoms with Gasteiger partial charge in [-0.25, -0.2) is 4.79 Å². The Kier molecular flexibility index (Phi) is 3.91. The quantitative estimate of drug-likeness (QED) is 0.773. The molecule has 15 heavy (non-hydrogen) atoms. The van der Waals surface area contributed by atoms with E-state index in [4.69, 9.17) is 9.47 Å². The summed E-state index contributed by atoms with van der Waals surface area (Å²) in [5, 5.41) is 0. The molecule has 0 aliphatic carbocycles. The average Bonchev–Trinajstić information content (AvgIpc) is 2.55. The molecule has 4 nitrogen and oxygen atoms in total. The first kappa shape index (κ1) is 11.8. The van der Waals surface area contributed by atoms with Crippen LogP contribution in [0.1, 0.15) is 34.2 Å². The third-order valence-electron chi connectivity index (χ3n) is 2.50. The minimum Gasteiger partial charge on any atom is -0.464 e. The molecular formula is C11H17NO3. The molecule has 1 rings (SSSR count). The molecule has 1 N–H and O–H groups in total. The number of ether oxygens (including phenoxy) is 2. The van der Waals surface area contributed by atoms with E-state index >= 15 is 0 Å². The third kappa shape index (κ3) is 2.21. The first-order valence-electron chi connectivity index (χ1n) is 4.93. The number of carbonyl (C=O) groups excluding carboxylic acids is 1. The first-order valence-corrected chi connectivity index (χ1v) is 4.93. The molecule has 0 aliphatic heterocycles. The van der Waals surface area contributed by atoms with Crippen LogP contribution >= 0.6 is 0 Å². The zero-order chi connectivity index (χ0) is 11.4. The van der Waals surface area contributed by atoms with Gasteiger partial charge in [0.15, 0.2) is 0 Å². The molecule has 0 spiro atoms. The smallest absolute Gasteiger partial charge is 0.354 e. The Morgan fingerprint density at radius 3 is 2.53 bits per heavy atom. The third-order valence-corrected chi connectivity index (χ3v) is 2.50. The van der Waals surface area contributed by atoms with Gasteiger partial charge in [-0.1, -0.05) is 6.92 Å². The highest BCUT2D eigenvalue weighted by molar-refractivity contribution is 5.89. The molecule has 0 bridgehead atoms. The molecule has 0 saturated carbocycles. The largest absolute Gasteiger partial charge is 0.464 e. The van der Waals surface area contributed by atoms with Crippen molar-refractivity contribution >= 4 is 5.97 Å². The van der Waals surface area contributed by atoms with Crippen molar-refractivity contribution in [3.63, 3.8) is 0 Å². The van der Waals surface area contributed by atoms with E-state index in [1.54, 1.807) is 7.11 Å².